The standard InChI is InChI=1S/C12H16ClNO3/c1-9-2-3-10(8-11(9)13)12(17)14(4-6-15)5-7-16/h2-3,8,15-16H,4-7H2,1H3. The van der Waals surface area contributed by atoms with Crippen molar-refractivity contribution in [2.75, 3.05) is 26.3 Å². The maximum absolute atomic E-state index is 12.0. The van der Waals surface area contributed by atoms with Crippen molar-refractivity contribution in [2.45, 2.75) is 6.92 Å². The fourth-order valence-corrected chi connectivity index (χ4v) is 1.65. The summed E-state index contributed by atoms with van der Waals surface area (Å²) in [6.07, 6.45) is 0. The van der Waals surface area contributed by atoms with Crippen LogP contribution < -0.4 is 0 Å². The van der Waals surface area contributed by atoms with Crippen LogP contribution in [0.1, 0.15) is 15.9 Å². The minimum atomic E-state index is -0.241. The summed E-state index contributed by atoms with van der Waals surface area (Å²) < 4.78 is 0. The normalized spacial score (nSPS) is 10.4. The molecular formula is C12H16ClNO3. The number of rotatable bonds is 5. The summed E-state index contributed by atoms with van der Waals surface area (Å²) in [5.74, 6) is -0.241. The second-order valence-electron chi connectivity index (χ2n) is 3.70. The van der Waals surface area contributed by atoms with Gasteiger partial charge in [0.2, 0.25) is 0 Å². The van der Waals surface area contributed by atoms with Crippen LogP contribution in [0.25, 0.3) is 0 Å². The first-order valence-electron chi connectivity index (χ1n) is 5.37. The molecule has 5 heteroatoms. The number of carbonyl (C=O) groups excluding carboxylic acids is 1. The summed E-state index contributed by atoms with van der Waals surface area (Å²) in [5.41, 5.74) is 1.36. The Labute approximate surface area is 105 Å². The van der Waals surface area contributed by atoms with Crippen LogP contribution in [0.15, 0.2) is 18.2 Å². The summed E-state index contributed by atoms with van der Waals surface area (Å²) in [4.78, 5) is 13.4. The van der Waals surface area contributed by atoms with Gasteiger partial charge in [-0.3, -0.25) is 4.79 Å². The quantitative estimate of drug-likeness (QED) is 0.830. The Morgan fingerprint density at radius 3 is 2.35 bits per heavy atom. The van der Waals surface area contributed by atoms with Crippen molar-refractivity contribution < 1.29 is 15.0 Å². The second kappa shape index (κ2) is 6.59. The second-order valence-corrected chi connectivity index (χ2v) is 4.11. The molecule has 0 radical (unpaired) electrons. The summed E-state index contributed by atoms with van der Waals surface area (Å²) in [6.45, 7) is 1.99. The van der Waals surface area contributed by atoms with Crippen molar-refractivity contribution in [3.63, 3.8) is 0 Å². The van der Waals surface area contributed by atoms with Crippen molar-refractivity contribution >= 4 is 17.5 Å². The number of nitrogens with zero attached hydrogens (tertiary/aromatic N) is 1. The van der Waals surface area contributed by atoms with E-state index < -0.39 is 0 Å². The van der Waals surface area contributed by atoms with Crippen molar-refractivity contribution in [3.8, 4) is 0 Å². The maximum Gasteiger partial charge on any atom is 0.254 e. The molecule has 0 saturated carbocycles. The van der Waals surface area contributed by atoms with Crippen LogP contribution in [0.3, 0.4) is 0 Å². The summed E-state index contributed by atoms with van der Waals surface area (Å²) >= 11 is 5.95. The van der Waals surface area contributed by atoms with Gasteiger partial charge in [-0.15, -0.1) is 0 Å². The van der Waals surface area contributed by atoms with Gasteiger partial charge in [-0.1, -0.05) is 17.7 Å². The Balaban J connectivity index is 2.88. The molecule has 0 spiro atoms. The van der Waals surface area contributed by atoms with Gasteiger partial charge in [-0.05, 0) is 24.6 Å². The average molecular weight is 258 g/mol. The predicted molar refractivity (Wildman–Crippen MR) is 66.3 cm³/mol. The van der Waals surface area contributed by atoms with Crippen molar-refractivity contribution in [1.82, 2.24) is 4.90 Å². The molecule has 2 N–H and O–H groups in total. The third-order valence-electron chi connectivity index (χ3n) is 2.45. The lowest BCUT2D eigenvalue weighted by Crippen LogP contribution is -2.35. The zero-order valence-electron chi connectivity index (χ0n) is 9.69. The van der Waals surface area contributed by atoms with Gasteiger partial charge in [-0.2, -0.15) is 0 Å². The minimum Gasteiger partial charge on any atom is -0.395 e. The van der Waals surface area contributed by atoms with Gasteiger partial charge in [0.05, 0.1) is 13.2 Å². The topological polar surface area (TPSA) is 60.8 Å². The Morgan fingerprint density at radius 1 is 1.29 bits per heavy atom. The molecule has 4 nitrogen and oxygen atoms in total. The lowest BCUT2D eigenvalue weighted by atomic mass is 10.1. The van der Waals surface area contributed by atoms with Gasteiger partial charge in [0.15, 0.2) is 0 Å². The Bertz CT molecular complexity index is 389. The molecule has 0 aliphatic heterocycles. The largest absolute Gasteiger partial charge is 0.395 e. The molecule has 1 rings (SSSR count). The molecule has 0 bridgehead atoms. The first-order chi connectivity index (χ1) is 8.10. The van der Waals surface area contributed by atoms with Crippen LogP contribution >= 0.6 is 11.6 Å². The number of halogens is 1. The zero-order valence-corrected chi connectivity index (χ0v) is 10.4. The van der Waals surface area contributed by atoms with Crippen LogP contribution in [-0.4, -0.2) is 47.3 Å². The lowest BCUT2D eigenvalue weighted by Gasteiger charge is -2.20. The number of benzene rings is 1. The molecule has 0 unspecified atom stereocenters. The molecule has 0 atom stereocenters. The molecule has 0 heterocycles. The minimum absolute atomic E-state index is 0.134. The first-order valence-corrected chi connectivity index (χ1v) is 5.75. The van der Waals surface area contributed by atoms with E-state index in [-0.39, 0.29) is 32.2 Å². The maximum atomic E-state index is 12.0. The van der Waals surface area contributed by atoms with Gasteiger partial charge < -0.3 is 15.1 Å². The molecule has 1 amide bonds. The van der Waals surface area contributed by atoms with Crippen molar-refractivity contribution in [2.24, 2.45) is 0 Å². The van der Waals surface area contributed by atoms with Crippen LogP contribution in [0, 0.1) is 6.92 Å². The van der Waals surface area contributed by atoms with E-state index in [1.165, 1.54) is 4.90 Å². The summed E-state index contributed by atoms with van der Waals surface area (Å²) in [6, 6.07) is 5.05. The van der Waals surface area contributed by atoms with Gasteiger partial charge in [0.1, 0.15) is 0 Å². The van der Waals surface area contributed by atoms with E-state index in [1.54, 1.807) is 18.2 Å². The van der Waals surface area contributed by atoms with Crippen LogP contribution in [0.5, 0.6) is 0 Å². The zero-order chi connectivity index (χ0) is 12.8. The molecule has 0 aliphatic rings. The van der Waals surface area contributed by atoms with Crippen LogP contribution in [-0.2, 0) is 0 Å². The van der Waals surface area contributed by atoms with Gasteiger partial charge >= 0.3 is 0 Å². The predicted octanol–water partition coefficient (Wildman–Crippen LogP) is 1.08. The third-order valence-corrected chi connectivity index (χ3v) is 2.85. The highest BCUT2D eigenvalue weighted by atomic mass is 35.5. The Morgan fingerprint density at radius 2 is 1.88 bits per heavy atom. The number of aryl methyl sites for hydroxylation is 1. The number of hydrogen-bond acceptors (Lipinski definition) is 3. The van der Waals surface area contributed by atoms with Crippen LogP contribution in [0.4, 0.5) is 0 Å². The van der Waals surface area contributed by atoms with Gasteiger partial charge in [0, 0.05) is 23.7 Å². The van der Waals surface area contributed by atoms with Crippen LogP contribution in [0.2, 0.25) is 5.02 Å². The van der Waals surface area contributed by atoms with E-state index in [0.29, 0.717) is 10.6 Å². The average Bonchev–Trinajstić information content (AvgIpc) is 2.31. The smallest absolute Gasteiger partial charge is 0.254 e. The molecule has 0 saturated heterocycles. The van der Waals surface area contributed by atoms with Gasteiger partial charge in [-0.25, -0.2) is 0 Å². The highest BCUT2D eigenvalue weighted by Crippen LogP contribution is 2.17. The first kappa shape index (κ1) is 14.0. The fraction of sp³-hybridized carbons (Fsp3) is 0.417. The van der Waals surface area contributed by atoms with Crippen molar-refractivity contribution in [3.05, 3.63) is 34.3 Å². The Hall–Kier alpha value is -1.10. The number of aliphatic hydroxyl groups is 2. The van der Waals surface area contributed by atoms with E-state index >= 15 is 0 Å². The van der Waals surface area contributed by atoms with E-state index in [0.717, 1.165) is 5.56 Å². The fourth-order valence-electron chi connectivity index (χ4n) is 1.46. The van der Waals surface area contributed by atoms with Crippen molar-refractivity contribution in [1.29, 1.82) is 0 Å². The lowest BCUT2D eigenvalue weighted by molar-refractivity contribution is 0.0685. The number of aliphatic hydroxyl groups excluding tert-OH is 2. The third kappa shape index (κ3) is 3.70. The molecule has 0 aliphatic carbocycles. The highest BCUT2D eigenvalue weighted by molar-refractivity contribution is 6.31. The molecule has 1 aromatic rings. The summed E-state index contributed by atoms with van der Waals surface area (Å²) in [5, 5.41) is 18.2. The molecule has 0 fully saturated rings. The van der Waals surface area contributed by atoms with E-state index in [1.807, 2.05) is 6.92 Å². The highest BCUT2D eigenvalue weighted by Gasteiger charge is 2.15. The van der Waals surface area contributed by atoms with E-state index in [2.05, 4.69) is 0 Å². The number of hydrogen-bond donors (Lipinski definition) is 2. The molecule has 94 valence electrons. The van der Waals surface area contributed by atoms with E-state index in [4.69, 9.17) is 21.8 Å². The SMILES string of the molecule is Cc1ccc(C(=O)N(CCO)CCO)cc1Cl. The number of carbonyl (C=O) groups is 1. The van der Waals surface area contributed by atoms with Gasteiger partial charge in [0.25, 0.3) is 5.91 Å². The molecular weight excluding hydrogens is 242 g/mol. The molecule has 0 aromatic heterocycles. The Kier molecular flexibility index (Phi) is 5.41. The molecule has 1 aromatic carbocycles. The summed E-state index contributed by atoms with van der Waals surface area (Å²) in [7, 11) is 0. The number of amides is 1. The van der Waals surface area contributed by atoms with E-state index in [9.17, 15) is 4.79 Å². The molecule has 17 heavy (non-hydrogen) atoms. The monoisotopic (exact) mass is 257 g/mol.